The molecule has 0 fully saturated rings. The molecule has 8 aromatic rings. The number of para-hydroxylation sites is 4. The van der Waals surface area contributed by atoms with Gasteiger partial charge in [0, 0.05) is 38.7 Å². The van der Waals surface area contributed by atoms with Crippen LogP contribution in [0.2, 0.25) is 0 Å². The second-order valence-corrected chi connectivity index (χ2v) is 16.9. The Hall–Kier alpha value is -6.58. The highest BCUT2D eigenvalue weighted by molar-refractivity contribution is 6.11. The average molecular weight is 736 g/mol. The predicted octanol–water partition coefficient (Wildman–Crippen LogP) is 14.9. The van der Waals surface area contributed by atoms with Crippen LogP contribution in [-0.2, 0) is 10.8 Å². The molecule has 0 bridgehead atoms. The van der Waals surface area contributed by atoms with Crippen LogP contribution in [0.5, 0.6) is 0 Å². The molecule has 276 valence electrons. The summed E-state index contributed by atoms with van der Waals surface area (Å²) in [5.74, 6) is 0. The molecular formula is C54H45N3. The molecule has 0 unspecified atom stereocenters. The SMILES string of the molecule is CC1(C)c2ccccc2N(c2ccccc2)c2ccc(-c3ccc4c(c3)C(C)(C)c3ccccc3N4c3ccc4c(c3)c3ccccc3n4C3=CC=CCC3)cc21. The number of benzene rings is 7. The van der Waals surface area contributed by atoms with Crippen LogP contribution in [0, 0.1) is 0 Å². The van der Waals surface area contributed by atoms with Crippen molar-refractivity contribution in [2.24, 2.45) is 0 Å². The van der Waals surface area contributed by atoms with Crippen molar-refractivity contribution < 1.29 is 0 Å². The number of rotatable bonds is 4. The molecule has 57 heavy (non-hydrogen) atoms. The van der Waals surface area contributed by atoms with Crippen LogP contribution in [0.25, 0.3) is 38.6 Å². The average Bonchev–Trinajstić information content (AvgIpc) is 3.58. The maximum absolute atomic E-state index is 2.50. The van der Waals surface area contributed by atoms with Crippen LogP contribution < -0.4 is 9.80 Å². The first-order valence-corrected chi connectivity index (χ1v) is 20.3. The van der Waals surface area contributed by atoms with E-state index in [0.29, 0.717) is 0 Å². The number of nitrogens with zero attached hydrogens (tertiary/aromatic N) is 3. The monoisotopic (exact) mass is 735 g/mol. The second-order valence-electron chi connectivity index (χ2n) is 16.9. The number of fused-ring (bicyclic) bond motifs is 7. The molecular weight excluding hydrogens is 691 g/mol. The second kappa shape index (κ2) is 12.5. The molecule has 0 saturated heterocycles. The molecule has 0 spiro atoms. The van der Waals surface area contributed by atoms with Gasteiger partial charge in [0.05, 0.1) is 33.8 Å². The van der Waals surface area contributed by atoms with Crippen LogP contribution >= 0.6 is 0 Å². The predicted molar refractivity (Wildman–Crippen MR) is 241 cm³/mol. The molecule has 3 heteroatoms. The van der Waals surface area contributed by atoms with Crippen molar-refractivity contribution in [3.63, 3.8) is 0 Å². The van der Waals surface area contributed by atoms with Gasteiger partial charge in [-0.05, 0) is 125 Å². The summed E-state index contributed by atoms with van der Waals surface area (Å²) in [5.41, 5.74) is 18.6. The lowest BCUT2D eigenvalue weighted by atomic mass is 9.71. The molecule has 0 saturated carbocycles. The first-order valence-electron chi connectivity index (χ1n) is 20.3. The molecule has 0 N–H and O–H groups in total. The van der Waals surface area contributed by atoms with Crippen LogP contribution in [0.1, 0.15) is 62.8 Å². The number of hydrogen-bond acceptors (Lipinski definition) is 2. The molecule has 1 aliphatic carbocycles. The van der Waals surface area contributed by atoms with Gasteiger partial charge in [0.1, 0.15) is 0 Å². The van der Waals surface area contributed by atoms with Crippen molar-refractivity contribution in [1.82, 2.24) is 4.57 Å². The van der Waals surface area contributed by atoms with Gasteiger partial charge in [-0.2, -0.15) is 0 Å². The van der Waals surface area contributed by atoms with E-state index in [4.69, 9.17) is 0 Å². The fourth-order valence-corrected chi connectivity index (χ4v) is 10.1. The van der Waals surface area contributed by atoms with Gasteiger partial charge in [-0.25, -0.2) is 0 Å². The fourth-order valence-electron chi connectivity index (χ4n) is 10.1. The van der Waals surface area contributed by atoms with E-state index in [0.717, 1.165) is 12.8 Å². The molecule has 3 aliphatic rings. The summed E-state index contributed by atoms with van der Waals surface area (Å²) in [6.45, 7) is 9.52. The molecule has 3 heterocycles. The highest BCUT2D eigenvalue weighted by Crippen LogP contribution is 2.55. The van der Waals surface area contributed by atoms with E-state index < -0.39 is 0 Å². The van der Waals surface area contributed by atoms with Gasteiger partial charge in [0.25, 0.3) is 0 Å². The van der Waals surface area contributed by atoms with Crippen LogP contribution in [0.4, 0.5) is 34.1 Å². The Labute approximate surface area is 335 Å². The summed E-state index contributed by atoms with van der Waals surface area (Å²) in [6, 6.07) is 58.9. The van der Waals surface area contributed by atoms with Gasteiger partial charge >= 0.3 is 0 Å². The van der Waals surface area contributed by atoms with Crippen molar-refractivity contribution in [3.8, 4) is 11.1 Å². The maximum Gasteiger partial charge on any atom is 0.0539 e. The molecule has 0 atom stereocenters. The topological polar surface area (TPSA) is 11.4 Å². The minimum atomic E-state index is -0.212. The maximum atomic E-state index is 2.50. The van der Waals surface area contributed by atoms with Crippen molar-refractivity contribution in [3.05, 3.63) is 198 Å². The first kappa shape index (κ1) is 33.7. The van der Waals surface area contributed by atoms with E-state index in [1.54, 1.807) is 0 Å². The Morgan fingerprint density at radius 1 is 0.439 bits per heavy atom. The smallest absolute Gasteiger partial charge is 0.0539 e. The minimum absolute atomic E-state index is 0.178. The van der Waals surface area contributed by atoms with Crippen molar-refractivity contribution in [2.45, 2.75) is 51.4 Å². The summed E-state index contributed by atoms with van der Waals surface area (Å²) in [5, 5.41) is 2.57. The molecule has 0 amide bonds. The molecule has 7 aromatic carbocycles. The van der Waals surface area contributed by atoms with Gasteiger partial charge in [-0.3, -0.25) is 0 Å². The van der Waals surface area contributed by atoms with Crippen molar-refractivity contribution in [2.75, 3.05) is 9.80 Å². The number of allylic oxidation sites excluding steroid dienone is 4. The Balaban J connectivity index is 1.07. The summed E-state index contributed by atoms with van der Waals surface area (Å²) >= 11 is 0. The van der Waals surface area contributed by atoms with E-state index in [9.17, 15) is 0 Å². The van der Waals surface area contributed by atoms with Gasteiger partial charge in [0.15, 0.2) is 0 Å². The molecule has 0 radical (unpaired) electrons. The van der Waals surface area contributed by atoms with Gasteiger partial charge in [-0.15, -0.1) is 0 Å². The Bertz CT molecular complexity index is 2980. The molecule has 11 rings (SSSR count). The summed E-state index contributed by atoms with van der Waals surface area (Å²) in [7, 11) is 0. The number of aromatic nitrogens is 1. The Kier molecular flexibility index (Phi) is 7.38. The Morgan fingerprint density at radius 3 is 1.61 bits per heavy atom. The standard InChI is InChI=1S/C54H45N3/c1-53(2)43-22-12-15-25-49(43)56(39-19-9-6-10-20-39)51-30-27-36(33-45(51)53)37-28-31-52-46(34-37)54(3,4)44-23-13-16-26-50(44)57(52)40-29-32-48-42(35-40)41-21-11-14-24-47(41)55(48)38-17-7-5-8-18-38/h5-7,9-17,19-35H,8,18H2,1-4H3. The molecule has 3 nitrogen and oxygen atoms in total. The minimum Gasteiger partial charge on any atom is -0.313 e. The van der Waals surface area contributed by atoms with E-state index in [2.05, 4.69) is 218 Å². The lowest BCUT2D eigenvalue weighted by Gasteiger charge is -2.43. The summed E-state index contributed by atoms with van der Waals surface area (Å²) in [6.07, 6.45) is 8.85. The van der Waals surface area contributed by atoms with Crippen molar-refractivity contribution in [1.29, 1.82) is 0 Å². The highest BCUT2D eigenvalue weighted by Gasteiger charge is 2.39. The van der Waals surface area contributed by atoms with E-state index >= 15 is 0 Å². The first-order chi connectivity index (χ1) is 27.8. The highest BCUT2D eigenvalue weighted by atomic mass is 15.2. The zero-order chi connectivity index (χ0) is 38.5. The molecule has 2 aliphatic heterocycles. The fraction of sp³-hybridized carbons (Fsp3) is 0.148. The van der Waals surface area contributed by atoms with Gasteiger partial charge in [0.2, 0.25) is 0 Å². The van der Waals surface area contributed by atoms with Crippen LogP contribution in [0.3, 0.4) is 0 Å². The van der Waals surface area contributed by atoms with Crippen molar-refractivity contribution >= 4 is 61.6 Å². The van der Waals surface area contributed by atoms with Crippen LogP contribution in [-0.4, -0.2) is 4.57 Å². The number of anilines is 6. The summed E-state index contributed by atoms with van der Waals surface area (Å²) in [4.78, 5) is 4.93. The van der Waals surface area contributed by atoms with Gasteiger partial charge in [-0.1, -0.05) is 125 Å². The zero-order valence-electron chi connectivity index (χ0n) is 33.0. The van der Waals surface area contributed by atoms with E-state index in [1.165, 1.54) is 95.0 Å². The zero-order valence-corrected chi connectivity index (χ0v) is 33.0. The largest absolute Gasteiger partial charge is 0.313 e. The van der Waals surface area contributed by atoms with E-state index in [1.807, 2.05) is 0 Å². The molecule has 1 aromatic heterocycles. The third-order valence-electron chi connectivity index (χ3n) is 13.0. The third kappa shape index (κ3) is 4.98. The van der Waals surface area contributed by atoms with Gasteiger partial charge < -0.3 is 14.4 Å². The van der Waals surface area contributed by atoms with E-state index in [-0.39, 0.29) is 10.8 Å². The normalized spacial score (nSPS) is 16.2. The summed E-state index contributed by atoms with van der Waals surface area (Å²) < 4.78 is 2.48. The lowest BCUT2D eigenvalue weighted by molar-refractivity contribution is 0.631. The quantitative estimate of drug-likeness (QED) is 0.178. The van der Waals surface area contributed by atoms with Crippen LogP contribution in [0.15, 0.2) is 176 Å². The number of hydrogen-bond donors (Lipinski definition) is 0. The Morgan fingerprint density at radius 2 is 0.982 bits per heavy atom. The third-order valence-corrected chi connectivity index (χ3v) is 13.0. The lowest BCUT2D eigenvalue weighted by Crippen LogP contribution is -2.31.